The van der Waals surface area contributed by atoms with Crippen molar-refractivity contribution in [3.05, 3.63) is 34.0 Å². The molecule has 1 aromatic heterocycles. The molecule has 1 aliphatic rings. The predicted octanol–water partition coefficient (Wildman–Crippen LogP) is 4.36. The fourth-order valence-electron chi connectivity index (χ4n) is 3.44. The van der Waals surface area contributed by atoms with Gasteiger partial charge in [-0.2, -0.15) is 8.78 Å². The monoisotopic (exact) mass is 429 g/mol. The van der Waals surface area contributed by atoms with E-state index in [1.165, 1.54) is 23.1 Å². The van der Waals surface area contributed by atoms with Gasteiger partial charge in [0.15, 0.2) is 0 Å². The molecule has 29 heavy (non-hydrogen) atoms. The first kappa shape index (κ1) is 23.5. The van der Waals surface area contributed by atoms with E-state index in [9.17, 15) is 23.5 Å². The highest BCUT2D eigenvalue weighted by molar-refractivity contribution is 7.13. The number of alkyl halides is 2. The molecule has 2 rings (SSSR count). The molecule has 0 aliphatic carbocycles. The number of aromatic carboxylic acids is 1. The van der Waals surface area contributed by atoms with Crippen LogP contribution < -0.4 is 0 Å². The van der Waals surface area contributed by atoms with Gasteiger partial charge >= 0.3 is 11.9 Å². The van der Waals surface area contributed by atoms with E-state index in [2.05, 4.69) is 6.92 Å². The molecule has 0 saturated carbocycles. The van der Waals surface area contributed by atoms with Gasteiger partial charge in [0.05, 0.1) is 12.1 Å². The number of amides is 1. The quantitative estimate of drug-likeness (QED) is 0.513. The Morgan fingerprint density at radius 1 is 1.41 bits per heavy atom. The Balaban J connectivity index is 1.96. The van der Waals surface area contributed by atoms with Crippen molar-refractivity contribution in [2.24, 2.45) is 5.92 Å². The van der Waals surface area contributed by atoms with Crippen LogP contribution in [0.5, 0.6) is 0 Å². The van der Waals surface area contributed by atoms with Crippen molar-refractivity contribution in [1.82, 2.24) is 4.90 Å². The second kappa shape index (κ2) is 10.3. The number of hydrogen-bond donors (Lipinski definition) is 2. The van der Waals surface area contributed by atoms with Crippen molar-refractivity contribution in [1.29, 1.82) is 0 Å². The Hall–Kier alpha value is -1.80. The number of unbranched alkanes of at least 4 members (excludes halogenated alkanes) is 1. The molecule has 8 heteroatoms. The van der Waals surface area contributed by atoms with Crippen molar-refractivity contribution in [3.8, 4) is 0 Å². The SMILES string of the molecule is CCCC[C@H](C)[C@H](O)/C=C/C1CC(F)(F)C(=O)N1CCCc1ccc(C(=O)O)s1. The summed E-state index contributed by atoms with van der Waals surface area (Å²) in [4.78, 5) is 25.3. The average Bonchev–Trinajstić information content (AvgIpc) is 3.22. The van der Waals surface area contributed by atoms with Gasteiger partial charge in [0.25, 0.3) is 5.91 Å². The second-order valence-electron chi connectivity index (χ2n) is 7.64. The van der Waals surface area contributed by atoms with Crippen LogP contribution in [0.25, 0.3) is 0 Å². The molecule has 1 unspecified atom stereocenters. The van der Waals surface area contributed by atoms with Crippen LogP contribution >= 0.6 is 11.3 Å². The number of carbonyl (C=O) groups is 2. The lowest BCUT2D eigenvalue weighted by Crippen LogP contribution is -2.36. The van der Waals surface area contributed by atoms with Gasteiger partial charge in [-0.25, -0.2) is 4.79 Å². The van der Waals surface area contributed by atoms with Crippen LogP contribution in [0.1, 0.15) is 60.5 Å². The number of halogens is 2. The number of rotatable bonds is 11. The Bertz CT molecular complexity index is 734. The minimum atomic E-state index is -3.40. The highest BCUT2D eigenvalue weighted by Gasteiger charge is 2.52. The van der Waals surface area contributed by atoms with E-state index < -0.39 is 36.4 Å². The zero-order valence-electron chi connectivity index (χ0n) is 16.8. The third-order valence-corrected chi connectivity index (χ3v) is 6.39. The number of carboxylic acid groups (broad SMARTS) is 1. The lowest BCUT2D eigenvalue weighted by Gasteiger charge is -2.22. The number of aryl methyl sites for hydroxylation is 1. The highest BCUT2D eigenvalue weighted by Crippen LogP contribution is 2.34. The van der Waals surface area contributed by atoms with E-state index in [0.717, 1.165) is 35.5 Å². The van der Waals surface area contributed by atoms with Crippen molar-refractivity contribution < 1.29 is 28.6 Å². The minimum absolute atomic E-state index is 0.0273. The van der Waals surface area contributed by atoms with E-state index in [4.69, 9.17) is 5.11 Å². The molecule has 2 N–H and O–H groups in total. The number of aliphatic hydroxyl groups excluding tert-OH is 1. The van der Waals surface area contributed by atoms with Crippen LogP contribution in [0.3, 0.4) is 0 Å². The molecule has 1 aliphatic heterocycles. The van der Waals surface area contributed by atoms with Gasteiger partial charge in [0, 0.05) is 17.8 Å². The van der Waals surface area contributed by atoms with Crippen molar-refractivity contribution in [2.45, 2.75) is 70.4 Å². The van der Waals surface area contributed by atoms with Crippen LogP contribution in [0.4, 0.5) is 8.78 Å². The summed E-state index contributed by atoms with van der Waals surface area (Å²) in [6.45, 7) is 4.15. The number of likely N-dealkylation sites (tertiary alicyclic amines) is 1. The Kier molecular flexibility index (Phi) is 8.34. The van der Waals surface area contributed by atoms with E-state index in [-0.39, 0.29) is 17.3 Å². The maximum Gasteiger partial charge on any atom is 0.345 e. The molecule has 1 amide bonds. The van der Waals surface area contributed by atoms with Gasteiger partial charge < -0.3 is 15.1 Å². The molecule has 5 nitrogen and oxygen atoms in total. The summed E-state index contributed by atoms with van der Waals surface area (Å²) in [6.07, 6.45) is 5.59. The van der Waals surface area contributed by atoms with Gasteiger partial charge in [-0.3, -0.25) is 4.79 Å². The lowest BCUT2D eigenvalue weighted by atomic mass is 9.97. The highest BCUT2D eigenvalue weighted by atomic mass is 32.1. The second-order valence-corrected chi connectivity index (χ2v) is 8.81. The summed E-state index contributed by atoms with van der Waals surface area (Å²) in [6, 6.07) is 2.48. The molecule has 162 valence electrons. The molecular weight excluding hydrogens is 400 g/mol. The van der Waals surface area contributed by atoms with Crippen molar-refractivity contribution in [3.63, 3.8) is 0 Å². The third-order valence-electron chi connectivity index (χ3n) is 5.26. The minimum Gasteiger partial charge on any atom is -0.477 e. The summed E-state index contributed by atoms with van der Waals surface area (Å²) in [5.41, 5.74) is 0. The predicted molar refractivity (Wildman–Crippen MR) is 109 cm³/mol. The third kappa shape index (κ3) is 6.34. The molecule has 3 atom stereocenters. The Morgan fingerprint density at radius 3 is 2.76 bits per heavy atom. The van der Waals surface area contributed by atoms with Crippen molar-refractivity contribution >= 4 is 23.2 Å². The largest absolute Gasteiger partial charge is 0.477 e. The first-order valence-electron chi connectivity index (χ1n) is 10.0. The normalized spacial score (nSPS) is 21.1. The molecule has 2 heterocycles. The van der Waals surface area contributed by atoms with Crippen LogP contribution in [0.15, 0.2) is 24.3 Å². The molecule has 0 radical (unpaired) electrons. The van der Waals surface area contributed by atoms with Gasteiger partial charge in [0.1, 0.15) is 4.88 Å². The van der Waals surface area contributed by atoms with Gasteiger partial charge in [0.2, 0.25) is 0 Å². The molecular formula is C21H29F2NO4S. The number of thiophene rings is 1. The average molecular weight is 430 g/mol. The lowest BCUT2D eigenvalue weighted by molar-refractivity contribution is -0.148. The fourth-order valence-corrected chi connectivity index (χ4v) is 4.33. The smallest absolute Gasteiger partial charge is 0.345 e. The number of nitrogens with zero attached hydrogens (tertiary/aromatic N) is 1. The summed E-state index contributed by atoms with van der Waals surface area (Å²) in [7, 11) is 0. The molecule has 0 spiro atoms. The first-order chi connectivity index (χ1) is 13.7. The van der Waals surface area contributed by atoms with E-state index in [1.54, 1.807) is 6.07 Å². The molecule has 1 aromatic rings. The summed E-state index contributed by atoms with van der Waals surface area (Å²) in [5, 5.41) is 19.2. The summed E-state index contributed by atoms with van der Waals surface area (Å²) < 4.78 is 28.0. The Morgan fingerprint density at radius 2 is 2.14 bits per heavy atom. The maximum absolute atomic E-state index is 14.0. The van der Waals surface area contributed by atoms with Crippen LogP contribution in [0.2, 0.25) is 0 Å². The molecule has 0 aromatic carbocycles. The zero-order valence-corrected chi connectivity index (χ0v) is 17.6. The van der Waals surface area contributed by atoms with Crippen LogP contribution in [0, 0.1) is 5.92 Å². The van der Waals surface area contributed by atoms with Gasteiger partial charge in [-0.15, -0.1) is 11.3 Å². The summed E-state index contributed by atoms with van der Waals surface area (Å²) >= 11 is 1.15. The summed E-state index contributed by atoms with van der Waals surface area (Å²) in [5.74, 6) is -5.54. The molecule has 1 fully saturated rings. The topological polar surface area (TPSA) is 77.8 Å². The molecule has 0 bridgehead atoms. The standard InChI is InChI=1S/C21H29F2NO4S/c1-3-4-6-14(2)17(25)10-8-15-13-21(22,23)20(28)24(15)12-5-7-16-9-11-18(29-16)19(26)27/h8-11,14-15,17,25H,3-7,12-13H2,1-2H3,(H,26,27)/b10-8+/t14-,15?,17+/m0/s1. The van der Waals surface area contributed by atoms with Crippen LogP contribution in [-0.4, -0.2) is 51.6 Å². The number of aliphatic hydroxyl groups is 1. The van der Waals surface area contributed by atoms with Crippen molar-refractivity contribution in [2.75, 3.05) is 6.54 Å². The number of carboxylic acids is 1. The number of hydrogen-bond acceptors (Lipinski definition) is 4. The fraction of sp³-hybridized carbons (Fsp3) is 0.619. The zero-order chi connectivity index (χ0) is 21.6. The Labute approximate surface area is 174 Å². The van der Waals surface area contributed by atoms with Gasteiger partial charge in [-0.1, -0.05) is 38.8 Å². The van der Waals surface area contributed by atoms with E-state index in [1.807, 2.05) is 6.92 Å². The van der Waals surface area contributed by atoms with Crippen LogP contribution in [-0.2, 0) is 11.2 Å². The molecule has 1 saturated heterocycles. The first-order valence-corrected chi connectivity index (χ1v) is 10.8. The maximum atomic E-state index is 14.0. The van der Waals surface area contributed by atoms with Gasteiger partial charge in [-0.05, 0) is 37.3 Å². The van der Waals surface area contributed by atoms with E-state index >= 15 is 0 Å². The number of carbonyl (C=O) groups excluding carboxylic acids is 1. The van der Waals surface area contributed by atoms with E-state index in [0.29, 0.717) is 12.8 Å².